The number of thioether (sulfide) groups is 1. The van der Waals surface area contributed by atoms with Gasteiger partial charge in [0.1, 0.15) is 4.90 Å². The van der Waals surface area contributed by atoms with Crippen LogP contribution in [-0.4, -0.2) is 40.4 Å². The van der Waals surface area contributed by atoms with E-state index in [2.05, 4.69) is 42.2 Å². The van der Waals surface area contributed by atoms with Crippen LogP contribution in [0.5, 0.6) is 0 Å². The molecule has 1 aliphatic rings. The van der Waals surface area contributed by atoms with E-state index in [0.717, 1.165) is 18.6 Å². The molecule has 3 aromatic rings. The van der Waals surface area contributed by atoms with Crippen molar-refractivity contribution in [1.82, 2.24) is 18.9 Å². The predicted molar refractivity (Wildman–Crippen MR) is 106 cm³/mol. The predicted octanol–water partition coefficient (Wildman–Crippen LogP) is 3.42. The maximum absolute atomic E-state index is 13.0. The second kappa shape index (κ2) is 7.26. The highest BCUT2D eigenvalue weighted by Crippen LogP contribution is 2.28. The first-order valence-corrected chi connectivity index (χ1v) is 11.4. The van der Waals surface area contributed by atoms with Gasteiger partial charge in [-0.25, -0.2) is 8.42 Å². The fraction of sp³-hybridized carbons (Fsp3) is 0.368. The van der Waals surface area contributed by atoms with Gasteiger partial charge >= 0.3 is 0 Å². The van der Waals surface area contributed by atoms with Crippen molar-refractivity contribution in [2.24, 2.45) is 0 Å². The second-order valence-corrected chi connectivity index (χ2v) is 9.73. The number of aromatic nitrogens is 3. The average molecular weight is 403 g/mol. The van der Waals surface area contributed by atoms with E-state index in [9.17, 15) is 8.42 Å². The molecule has 0 radical (unpaired) electrons. The molecule has 0 spiro atoms. The number of benzene rings is 1. The fourth-order valence-electron chi connectivity index (χ4n) is 3.34. The van der Waals surface area contributed by atoms with E-state index in [4.69, 9.17) is 0 Å². The first-order chi connectivity index (χ1) is 13.0. The minimum absolute atomic E-state index is 0.234. The molecule has 0 bridgehead atoms. The summed E-state index contributed by atoms with van der Waals surface area (Å²) in [4.78, 5) is 0.234. The number of sulfonamides is 1. The molecule has 6 nitrogen and oxygen atoms in total. The van der Waals surface area contributed by atoms with E-state index >= 15 is 0 Å². The van der Waals surface area contributed by atoms with Crippen LogP contribution in [0, 0.1) is 13.8 Å². The average Bonchev–Trinajstić information content (AvgIpc) is 3.32. The van der Waals surface area contributed by atoms with Gasteiger partial charge in [0.05, 0.1) is 0 Å². The highest BCUT2D eigenvalue weighted by Gasteiger charge is 2.30. The van der Waals surface area contributed by atoms with Crippen LogP contribution < -0.4 is 0 Å². The van der Waals surface area contributed by atoms with Crippen molar-refractivity contribution < 1.29 is 8.42 Å². The van der Waals surface area contributed by atoms with E-state index in [1.54, 1.807) is 32.6 Å². The van der Waals surface area contributed by atoms with E-state index in [0.29, 0.717) is 23.9 Å². The van der Waals surface area contributed by atoms with Gasteiger partial charge in [-0.1, -0.05) is 35.5 Å². The summed E-state index contributed by atoms with van der Waals surface area (Å²) in [5.74, 6) is 0.761. The Morgan fingerprint density at radius 3 is 2.67 bits per heavy atom. The van der Waals surface area contributed by atoms with Crippen LogP contribution >= 0.6 is 11.8 Å². The van der Waals surface area contributed by atoms with Crippen molar-refractivity contribution in [1.29, 1.82) is 0 Å². The Morgan fingerprint density at radius 1 is 1.11 bits per heavy atom. The third-order valence-electron chi connectivity index (χ3n) is 4.91. The minimum Gasteiger partial charge on any atom is -0.276 e. The Hall–Kier alpha value is -1.90. The Balaban J connectivity index is 1.65. The maximum Gasteiger partial charge on any atom is 0.246 e. The van der Waals surface area contributed by atoms with Gasteiger partial charge < -0.3 is 0 Å². The summed E-state index contributed by atoms with van der Waals surface area (Å²) in [6.07, 6.45) is 3.64. The molecule has 0 unspecified atom stereocenters. The molecule has 4 rings (SSSR count). The SMILES string of the molecule is Cc1ccc(C)c(CSc2nnc3c(S(=O)(=O)N4CCCC4)cccn23)c1. The monoisotopic (exact) mass is 402 g/mol. The Bertz CT molecular complexity index is 1090. The second-order valence-electron chi connectivity index (χ2n) is 6.88. The Morgan fingerprint density at radius 2 is 1.89 bits per heavy atom. The standard InChI is InChI=1S/C19H22N4O2S2/c1-14-7-8-15(2)16(12-14)13-26-19-21-20-18-17(6-5-11-23(18)19)27(24,25)22-9-3-4-10-22/h5-8,11-12H,3-4,9-10,13H2,1-2H3. The van der Waals surface area contributed by atoms with Gasteiger partial charge in [-0.05, 0) is 49.9 Å². The molecule has 8 heteroatoms. The zero-order valence-corrected chi connectivity index (χ0v) is 17.1. The maximum atomic E-state index is 13.0. The van der Waals surface area contributed by atoms with Crippen LogP contribution in [0.3, 0.4) is 0 Å². The summed E-state index contributed by atoms with van der Waals surface area (Å²) in [6.45, 7) is 5.32. The molecule has 27 heavy (non-hydrogen) atoms. The lowest BCUT2D eigenvalue weighted by atomic mass is 10.1. The van der Waals surface area contributed by atoms with Gasteiger partial charge in [-0.2, -0.15) is 4.31 Å². The molecule has 2 aromatic heterocycles. The van der Waals surface area contributed by atoms with E-state index in [-0.39, 0.29) is 4.90 Å². The van der Waals surface area contributed by atoms with Crippen LogP contribution in [0.15, 0.2) is 46.6 Å². The van der Waals surface area contributed by atoms with Crippen LogP contribution in [0.25, 0.3) is 5.65 Å². The van der Waals surface area contributed by atoms with Crippen LogP contribution in [0.2, 0.25) is 0 Å². The number of nitrogens with zero attached hydrogens (tertiary/aromatic N) is 4. The summed E-state index contributed by atoms with van der Waals surface area (Å²) in [5, 5.41) is 9.15. The van der Waals surface area contributed by atoms with Crippen LogP contribution in [0.1, 0.15) is 29.5 Å². The molecule has 1 fully saturated rings. The first-order valence-electron chi connectivity index (χ1n) is 8.99. The molecule has 0 aliphatic carbocycles. The lowest BCUT2D eigenvalue weighted by molar-refractivity contribution is 0.478. The highest BCUT2D eigenvalue weighted by atomic mass is 32.2. The summed E-state index contributed by atoms with van der Waals surface area (Å²) in [6, 6.07) is 9.77. The van der Waals surface area contributed by atoms with Gasteiger partial charge in [-0.15, -0.1) is 10.2 Å². The first kappa shape index (κ1) is 18.5. The van der Waals surface area contributed by atoms with Gasteiger partial charge in [-0.3, -0.25) is 4.40 Å². The molecular weight excluding hydrogens is 380 g/mol. The molecule has 1 saturated heterocycles. The van der Waals surface area contributed by atoms with Crippen molar-refractivity contribution in [3.63, 3.8) is 0 Å². The number of rotatable bonds is 5. The van der Waals surface area contributed by atoms with Crippen LogP contribution in [-0.2, 0) is 15.8 Å². The molecule has 1 aliphatic heterocycles. The molecule has 0 amide bonds. The van der Waals surface area contributed by atoms with Crippen LogP contribution in [0.4, 0.5) is 0 Å². The zero-order chi connectivity index (χ0) is 19.0. The van der Waals surface area contributed by atoms with Gasteiger partial charge in [0.15, 0.2) is 10.8 Å². The van der Waals surface area contributed by atoms with E-state index in [1.807, 2.05) is 6.20 Å². The normalized spacial score (nSPS) is 15.6. The highest BCUT2D eigenvalue weighted by molar-refractivity contribution is 7.98. The minimum atomic E-state index is -3.53. The Kier molecular flexibility index (Phi) is 4.96. The summed E-state index contributed by atoms with van der Waals surface area (Å²) in [7, 11) is -3.53. The van der Waals surface area contributed by atoms with Crippen molar-refractivity contribution in [2.75, 3.05) is 13.1 Å². The number of hydrogen-bond donors (Lipinski definition) is 0. The van der Waals surface area contributed by atoms with Gasteiger partial charge in [0, 0.05) is 25.0 Å². The third kappa shape index (κ3) is 3.49. The summed E-state index contributed by atoms with van der Waals surface area (Å²) in [5.41, 5.74) is 4.10. The molecule has 142 valence electrons. The molecule has 0 saturated carbocycles. The smallest absolute Gasteiger partial charge is 0.246 e. The van der Waals surface area contributed by atoms with Gasteiger partial charge in [0.2, 0.25) is 10.0 Å². The number of aryl methyl sites for hydroxylation is 2. The molecule has 3 heterocycles. The van der Waals surface area contributed by atoms with Crippen molar-refractivity contribution in [2.45, 2.75) is 42.5 Å². The lowest BCUT2D eigenvalue weighted by Gasteiger charge is -2.15. The molecule has 1 aromatic carbocycles. The number of pyridine rings is 1. The molecule has 0 N–H and O–H groups in total. The number of fused-ring (bicyclic) bond motifs is 1. The van der Waals surface area contributed by atoms with Gasteiger partial charge in [0.25, 0.3) is 0 Å². The van der Waals surface area contributed by atoms with Crippen molar-refractivity contribution in [3.8, 4) is 0 Å². The molecular formula is C19H22N4O2S2. The van der Waals surface area contributed by atoms with Crippen molar-refractivity contribution in [3.05, 3.63) is 53.2 Å². The Labute approximate surface area is 163 Å². The lowest BCUT2D eigenvalue weighted by Crippen LogP contribution is -2.28. The fourth-order valence-corrected chi connectivity index (χ4v) is 5.95. The van der Waals surface area contributed by atoms with E-state index < -0.39 is 10.0 Å². The molecule has 0 atom stereocenters. The van der Waals surface area contributed by atoms with E-state index in [1.165, 1.54) is 16.7 Å². The quantitative estimate of drug-likeness (QED) is 0.612. The summed E-state index contributed by atoms with van der Waals surface area (Å²) < 4.78 is 29.2. The summed E-state index contributed by atoms with van der Waals surface area (Å²) >= 11 is 1.57. The largest absolute Gasteiger partial charge is 0.276 e. The third-order valence-corrected chi connectivity index (χ3v) is 7.82. The topological polar surface area (TPSA) is 67.6 Å². The number of hydrogen-bond acceptors (Lipinski definition) is 5. The zero-order valence-electron chi connectivity index (χ0n) is 15.4. The van der Waals surface area contributed by atoms with Crippen molar-refractivity contribution >= 4 is 27.4 Å².